The first kappa shape index (κ1) is 15.7. The Kier molecular flexibility index (Phi) is 4.41. The van der Waals surface area contributed by atoms with E-state index in [1.807, 2.05) is 23.2 Å². The number of pyridine rings is 1. The number of rotatable bonds is 4. The molecule has 2 aliphatic heterocycles. The van der Waals surface area contributed by atoms with Crippen molar-refractivity contribution >= 4 is 5.91 Å². The summed E-state index contributed by atoms with van der Waals surface area (Å²) >= 11 is 0. The molecular weight excluding hydrogens is 320 g/mol. The van der Waals surface area contributed by atoms with Crippen LogP contribution in [0.4, 0.5) is 0 Å². The smallest absolute Gasteiger partial charge is 0.261 e. The number of carbonyl (C=O) groups excluding carboxylic acids is 1. The number of fused-ring (bicyclic) bond motifs is 1. The summed E-state index contributed by atoms with van der Waals surface area (Å²) in [6.45, 7) is 0.984. The molecule has 0 bridgehead atoms. The Balaban J connectivity index is 1.42. The van der Waals surface area contributed by atoms with Crippen LogP contribution in [0.3, 0.4) is 0 Å². The Bertz CT molecular complexity index is 750. The van der Waals surface area contributed by atoms with Gasteiger partial charge in [0.05, 0.1) is 6.04 Å². The molecule has 130 valence electrons. The number of piperidine rings is 1. The van der Waals surface area contributed by atoms with Crippen LogP contribution in [0.25, 0.3) is 0 Å². The first-order valence-electron chi connectivity index (χ1n) is 8.53. The number of aromatic nitrogens is 1. The van der Waals surface area contributed by atoms with Crippen LogP contribution < -0.4 is 14.2 Å². The lowest BCUT2D eigenvalue weighted by atomic mass is 9.96. The maximum Gasteiger partial charge on any atom is 0.261 e. The van der Waals surface area contributed by atoms with E-state index in [9.17, 15) is 4.79 Å². The second-order valence-corrected chi connectivity index (χ2v) is 6.19. The Labute approximate surface area is 146 Å². The van der Waals surface area contributed by atoms with Gasteiger partial charge in [-0.15, -0.1) is 0 Å². The molecule has 2 aromatic rings. The molecule has 1 fully saturated rings. The van der Waals surface area contributed by atoms with E-state index in [1.165, 1.54) is 0 Å². The van der Waals surface area contributed by atoms with Crippen LogP contribution in [-0.2, 0) is 4.79 Å². The van der Waals surface area contributed by atoms with Crippen molar-refractivity contribution in [3.8, 4) is 17.2 Å². The van der Waals surface area contributed by atoms with Crippen molar-refractivity contribution in [2.45, 2.75) is 25.3 Å². The van der Waals surface area contributed by atoms with E-state index < -0.39 is 0 Å². The van der Waals surface area contributed by atoms with Gasteiger partial charge >= 0.3 is 0 Å². The van der Waals surface area contributed by atoms with Gasteiger partial charge in [0.15, 0.2) is 18.1 Å². The van der Waals surface area contributed by atoms with Crippen LogP contribution >= 0.6 is 0 Å². The summed E-state index contributed by atoms with van der Waals surface area (Å²) < 4.78 is 16.3. The van der Waals surface area contributed by atoms with Gasteiger partial charge in [-0.2, -0.15) is 0 Å². The fourth-order valence-electron chi connectivity index (χ4n) is 3.34. The molecular formula is C19H20N2O4. The lowest BCUT2D eigenvalue weighted by Gasteiger charge is -2.35. The third kappa shape index (κ3) is 3.38. The van der Waals surface area contributed by atoms with Gasteiger partial charge in [0.1, 0.15) is 5.75 Å². The van der Waals surface area contributed by atoms with Crippen LogP contribution in [0.1, 0.15) is 30.9 Å². The molecule has 0 radical (unpaired) electrons. The van der Waals surface area contributed by atoms with Crippen LogP contribution in [0, 0.1) is 0 Å². The highest BCUT2D eigenvalue weighted by atomic mass is 16.7. The minimum Gasteiger partial charge on any atom is -0.484 e. The molecule has 25 heavy (non-hydrogen) atoms. The second kappa shape index (κ2) is 7.01. The average molecular weight is 340 g/mol. The van der Waals surface area contributed by atoms with Gasteiger partial charge < -0.3 is 19.1 Å². The quantitative estimate of drug-likeness (QED) is 0.856. The zero-order chi connectivity index (χ0) is 17.1. The predicted molar refractivity (Wildman–Crippen MR) is 90.6 cm³/mol. The van der Waals surface area contributed by atoms with Crippen LogP contribution in [0.2, 0.25) is 0 Å². The third-order valence-corrected chi connectivity index (χ3v) is 4.60. The molecule has 1 atom stereocenters. The van der Waals surface area contributed by atoms with Crippen LogP contribution in [0.15, 0.2) is 42.7 Å². The summed E-state index contributed by atoms with van der Waals surface area (Å²) in [5, 5.41) is 0. The highest BCUT2D eigenvalue weighted by molar-refractivity contribution is 5.78. The van der Waals surface area contributed by atoms with Gasteiger partial charge in [0.25, 0.3) is 5.91 Å². The molecule has 2 aliphatic rings. The summed E-state index contributed by atoms with van der Waals surface area (Å²) in [6, 6.07) is 9.36. The maximum absolute atomic E-state index is 12.7. The number of hydrogen-bond donors (Lipinski definition) is 0. The molecule has 1 saturated heterocycles. The van der Waals surface area contributed by atoms with E-state index in [4.69, 9.17) is 14.2 Å². The molecule has 1 aromatic carbocycles. The third-order valence-electron chi connectivity index (χ3n) is 4.60. The van der Waals surface area contributed by atoms with Crippen molar-refractivity contribution in [3.63, 3.8) is 0 Å². The number of amides is 1. The Morgan fingerprint density at radius 2 is 2.16 bits per heavy atom. The number of hydrogen-bond acceptors (Lipinski definition) is 5. The normalized spacial score (nSPS) is 18.9. The summed E-state index contributed by atoms with van der Waals surface area (Å²) in [6.07, 6.45) is 6.69. The molecule has 6 nitrogen and oxygen atoms in total. The molecule has 4 rings (SSSR count). The van der Waals surface area contributed by atoms with E-state index in [-0.39, 0.29) is 25.3 Å². The fourth-order valence-corrected chi connectivity index (χ4v) is 3.34. The van der Waals surface area contributed by atoms with Crippen molar-refractivity contribution in [1.82, 2.24) is 9.88 Å². The largest absolute Gasteiger partial charge is 0.484 e. The minimum absolute atomic E-state index is 0.00813. The Morgan fingerprint density at radius 3 is 3.04 bits per heavy atom. The van der Waals surface area contributed by atoms with Gasteiger partial charge in [-0.3, -0.25) is 9.78 Å². The molecule has 0 aliphatic carbocycles. The van der Waals surface area contributed by atoms with Gasteiger partial charge in [-0.05, 0) is 43.0 Å². The molecule has 1 aromatic heterocycles. The van der Waals surface area contributed by atoms with E-state index in [1.54, 1.807) is 24.4 Å². The lowest BCUT2D eigenvalue weighted by Crippen LogP contribution is -2.41. The summed E-state index contributed by atoms with van der Waals surface area (Å²) in [5.74, 6) is 1.95. The number of carbonyl (C=O) groups is 1. The topological polar surface area (TPSA) is 60.9 Å². The molecule has 3 heterocycles. The standard InChI is InChI=1S/C19H20N2O4/c22-19(12-23-15-6-7-17-18(10-15)25-13-24-17)21-9-2-1-5-16(21)14-4-3-8-20-11-14/h3-4,6-8,10-11,16H,1-2,5,9,12-13H2. The van der Waals surface area contributed by atoms with Crippen LogP contribution in [-0.4, -0.2) is 35.7 Å². The van der Waals surface area contributed by atoms with Gasteiger partial charge in [0, 0.05) is 25.0 Å². The van der Waals surface area contributed by atoms with Crippen molar-refractivity contribution in [2.75, 3.05) is 19.9 Å². The number of ether oxygens (including phenoxy) is 3. The van der Waals surface area contributed by atoms with Crippen molar-refractivity contribution in [2.24, 2.45) is 0 Å². The van der Waals surface area contributed by atoms with E-state index in [0.717, 1.165) is 31.4 Å². The summed E-state index contributed by atoms with van der Waals surface area (Å²) in [4.78, 5) is 18.8. The fraction of sp³-hybridized carbons (Fsp3) is 0.368. The molecule has 1 unspecified atom stereocenters. The van der Waals surface area contributed by atoms with E-state index >= 15 is 0 Å². The summed E-state index contributed by atoms with van der Waals surface area (Å²) in [7, 11) is 0. The molecule has 0 N–H and O–H groups in total. The van der Waals surface area contributed by atoms with Gasteiger partial charge in [-0.1, -0.05) is 6.07 Å². The van der Waals surface area contributed by atoms with Gasteiger partial charge in [-0.25, -0.2) is 0 Å². The lowest BCUT2D eigenvalue weighted by molar-refractivity contribution is -0.137. The van der Waals surface area contributed by atoms with Crippen molar-refractivity contribution in [1.29, 1.82) is 0 Å². The predicted octanol–water partition coefficient (Wildman–Crippen LogP) is 2.94. The highest BCUT2D eigenvalue weighted by Gasteiger charge is 2.28. The van der Waals surface area contributed by atoms with E-state index in [0.29, 0.717) is 17.2 Å². The summed E-state index contributed by atoms with van der Waals surface area (Å²) in [5.41, 5.74) is 1.08. The number of benzene rings is 1. The second-order valence-electron chi connectivity index (χ2n) is 6.19. The average Bonchev–Trinajstić information content (AvgIpc) is 3.14. The SMILES string of the molecule is O=C(COc1ccc2c(c1)OCO2)N1CCCCC1c1cccnc1. The Morgan fingerprint density at radius 1 is 1.24 bits per heavy atom. The van der Waals surface area contributed by atoms with Crippen molar-refractivity contribution in [3.05, 3.63) is 48.3 Å². The monoisotopic (exact) mass is 340 g/mol. The Hall–Kier alpha value is -2.76. The van der Waals surface area contributed by atoms with Crippen LogP contribution in [0.5, 0.6) is 17.2 Å². The highest BCUT2D eigenvalue weighted by Crippen LogP contribution is 2.35. The zero-order valence-electron chi connectivity index (χ0n) is 13.9. The zero-order valence-corrected chi connectivity index (χ0v) is 13.9. The minimum atomic E-state index is -0.00813. The maximum atomic E-state index is 12.7. The van der Waals surface area contributed by atoms with E-state index in [2.05, 4.69) is 4.98 Å². The first-order valence-corrected chi connectivity index (χ1v) is 8.53. The van der Waals surface area contributed by atoms with Crippen molar-refractivity contribution < 1.29 is 19.0 Å². The molecule has 0 saturated carbocycles. The first-order chi connectivity index (χ1) is 12.3. The molecule has 0 spiro atoms. The van der Waals surface area contributed by atoms with Gasteiger partial charge in [0.2, 0.25) is 6.79 Å². The number of nitrogens with zero attached hydrogens (tertiary/aromatic N) is 2. The molecule has 1 amide bonds. The number of likely N-dealkylation sites (tertiary alicyclic amines) is 1. The molecule has 6 heteroatoms.